The third-order valence-electron chi connectivity index (χ3n) is 4.14. The van der Waals surface area contributed by atoms with Gasteiger partial charge in [0.2, 0.25) is 0 Å². The fourth-order valence-electron chi connectivity index (χ4n) is 2.88. The Labute approximate surface area is 157 Å². The minimum absolute atomic E-state index is 0.186. The molecule has 0 radical (unpaired) electrons. The highest BCUT2D eigenvalue weighted by molar-refractivity contribution is 9.10. The van der Waals surface area contributed by atoms with Crippen LogP contribution in [0.3, 0.4) is 0 Å². The van der Waals surface area contributed by atoms with Crippen LogP contribution in [0.15, 0.2) is 53.0 Å². The molecular weight excluding hydrogens is 402 g/mol. The number of carbonyl (C=O) groups excluding carboxylic acids is 4. The lowest BCUT2D eigenvalue weighted by Gasteiger charge is -2.25. The minimum atomic E-state index is -1.22. The first kappa shape index (κ1) is 18.0. The lowest BCUT2D eigenvalue weighted by atomic mass is 10.0. The predicted octanol–water partition coefficient (Wildman–Crippen LogP) is 2.79. The topological polar surface area (TPSA) is 80.8 Å². The van der Waals surface area contributed by atoms with Gasteiger partial charge in [0, 0.05) is 16.5 Å². The molecule has 1 amide bonds. The number of fused-ring (bicyclic) bond motifs is 1. The van der Waals surface area contributed by atoms with Crippen LogP contribution in [-0.4, -0.2) is 36.6 Å². The number of ketones is 2. The number of anilines is 1. The van der Waals surface area contributed by atoms with Gasteiger partial charge in [-0.15, -0.1) is 0 Å². The van der Waals surface area contributed by atoms with Gasteiger partial charge in [0.05, 0.1) is 18.4 Å². The van der Waals surface area contributed by atoms with Gasteiger partial charge in [-0.05, 0) is 18.2 Å². The lowest BCUT2D eigenvalue weighted by molar-refractivity contribution is -0.143. The van der Waals surface area contributed by atoms with E-state index in [0.29, 0.717) is 15.7 Å². The number of ether oxygens (including phenoxy) is 1. The average Bonchev–Trinajstić information content (AvgIpc) is 2.90. The molecule has 3 rings (SSSR count). The van der Waals surface area contributed by atoms with E-state index in [2.05, 4.69) is 15.9 Å². The van der Waals surface area contributed by atoms with Crippen molar-refractivity contribution in [2.24, 2.45) is 0 Å². The van der Waals surface area contributed by atoms with Gasteiger partial charge in [-0.3, -0.25) is 19.3 Å². The first-order chi connectivity index (χ1) is 12.4. The number of amides is 1. The maximum atomic E-state index is 12.5. The van der Waals surface area contributed by atoms with Gasteiger partial charge in [0.25, 0.3) is 11.7 Å². The zero-order valence-electron chi connectivity index (χ0n) is 13.8. The van der Waals surface area contributed by atoms with Gasteiger partial charge in [-0.2, -0.15) is 0 Å². The van der Waals surface area contributed by atoms with Crippen LogP contribution < -0.4 is 4.90 Å². The predicted molar refractivity (Wildman–Crippen MR) is 97.2 cm³/mol. The van der Waals surface area contributed by atoms with Crippen molar-refractivity contribution >= 4 is 45.1 Å². The summed E-state index contributed by atoms with van der Waals surface area (Å²) in [6.07, 6.45) is -0.286. The van der Waals surface area contributed by atoms with E-state index >= 15 is 0 Å². The number of rotatable bonds is 5. The molecule has 6 nitrogen and oxygen atoms in total. The highest BCUT2D eigenvalue weighted by Crippen LogP contribution is 2.34. The summed E-state index contributed by atoms with van der Waals surface area (Å²) in [5.41, 5.74) is 0.889. The van der Waals surface area contributed by atoms with Crippen molar-refractivity contribution in [1.82, 2.24) is 0 Å². The lowest BCUT2D eigenvalue weighted by Crippen LogP contribution is -2.46. The number of esters is 1. The van der Waals surface area contributed by atoms with Crippen LogP contribution in [0.5, 0.6) is 0 Å². The standard InChI is InChI=1S/C19H14BrNO5/c1-26-19(25)15(10-16(22)11-5-3-2-4-6-11)21-14-8-7-12(20)9-13(14)17(23)18(21)24/h2-9,15H,10H2,1H3/t15-/m0/s1. The van der Waals surface area contributed by atoms with Crippen LogP contribution in [0.1, 0.15) is 27.1 Å². The average molecular weight is 416 g/mol. The molecule has 0 unspecified atom stereocenters. The summed E-state index contributed by atoms with van der Waals surface area (Å²) >= 11 is 3.25. The van der Waals surface area contributed by atoms with Crippen LogP contribution in [0.2, 0.25) is 0 Å². The molecule has 0 aromatic heterocycles. The number of carbonyl (C=O) groups is 4. The molecule has 1 atom stereocenters. The van der Waals surface area contributed by atoms with Gasteiger partial charge in [-0.1, -0.05) is 46.3 Å². The van der Waals surface area contributed by atoms with Gasteiger partial charge in [-0.25, -0.2) is 4.79 Å². The van der Waals surface area contributed by atoms with Gasteiger partial charge < -0.3 is 4.74 Å². The Morgan fingerprint density at radius 1 is 1.12 bits per heavy atom. The van der Waals surface area contributed by atoms with E-state index in [1.807, 2.05) is 0 Å². The van der Waals surface area contributed by atoms with Gasteiger partial charge in [0.1, 0.15) is 6.04 Å². The zero-order valence-corrected chi connectivity index (χ0v) is 15.4. The number of hydrogen-bond acceptors (Lipinski definition) is 5. The Hall–Kier alpha value is -2.80. The molecule has 0 bridgehead atoms. The van der Waals surface area contributed by atoms with Crippen molar-refractivity contribution in [2.75, 3.05) is 12.0 Å². The van der Waals surface area contributed by atoms with Crippen molar-refractivity contribution in [2.45, 2.75) is 12.5 Å². The Balaban J connectivity index is 1.99. The monoisotopic (exact) mass is 415 g/mol. The van der Waals surface area contributed by atoms with Crippen molar-refractivity contribution < 1.29 is 23.9 Å². The quantitative estimate of drug-likeness (QED) is 0.426. The number of Topliss-reactive ketones (excluding diaryl/α,β-unsaturated/α-hetero) is 2. The number of methoxy groups -OCH3 is 1. The van der Waals surface area contributed by atoms with Crippen molar-refractivity contribution in [1.29, 1.82) is 0 Å². The first-order valence-corrected chi connectivity index (χ1v) is 8.57. The largest absolute Gasteiger partial charge is 0.467 e. The number of nitrogens with zero attached hydrogens (tertiary/aromatic N) is 1. The van der Waals surface area contributed by atoms with Crippen LogP contribution >= 0.6 is 15.9 Å². The molecule has 0 saturated heterocycles. The maximum absolute atomic E-state index is 12.5. The molecule has 132 valence electrons. The van der Waals surface area contributed by atoms with E-state index in [1.54, 1.807) is 42.5 Å². The molecular formula is C19H14BrNO5. The third-order valence-corrected chi connectivity index (χ3v) is 4.63. The Kier molecular flexibility index (Phi) is 4.99. The molecule has 0 fully saturated rings. The fourth-order valence-corrected chi connectivity index (χ4v) is 3.24. The zero-order chi connectivity index (χ0) is 18.8. The van der Waals surface area contributed by atoms with Crippen LogP contribution in [0.25, 0.3) is 0 Å². The molecule has 2 aromatic rings. The van der Waals surface area contributed by atoms with Crippen molar-refractivity contribution in [3.05, 3.63) is 64.1 Å². The Morgan fingerprint density at radius 3 is 2.46 bits per heavy atom. The normalized spacial score (nSPS) is 14.2. The van der Waals surface area contributed by atoms with Gasteiger partial charge >= 0.3 is 5.97 Å². The van der Waals surface area contributed by atoms with E-state index < -0.39 is 23.7 Å². The first-order valence-electron chi connectivity index (χ1n) is 7.77. The number of benzene rings is 2. The number of halogens is 1. The SMILES string of the molecule is COC(=O)[C@H](CC(=O)c1ccccc1)N1C(=O)C(=O)c2cc(Br)ccc21. The highest BCUT2D eigenvalue weighted by Gasteiger charge is 2.43. The van der Waals surface area contributed by atoms with Crippen LogP contribution in [0, 0.1) is 0 Å². The smallest absolute Gasteiger partial charge is 0.329 e. The van der Waals surface area contributed by atoms with Gasteiger partial charge in [0.15, 0.2) is 5.78 Å². The number of hydrogen-bond donors (Lipinski definition) is 0. The molecule has 2 aromatic carbocycles. The maximum Gasteiger partial charge on any atom is 0.329 e. The summed E-state index contributed by atoms with van der Waals surface area (Å²) in [6, 6.07) is 11.9. The van der Waals surface area contributed by atoms with E-state index in [4.69, 9.17) is 4.74 Å². The van der Waals surface area contributed by atoms with Crippen molar-refractivity contribution in [3.63, 3.8) is 0 Å². The summed E-state index contributed by atoms with van der Waals surface area (Å²) in [4.78, 5) is 50.7. The molecule has 0 saturated carbocycles. The molecule has 26 heavy (non-hydrogen) atoms. The van der Waals surface area contributed by atoms with E-state index in [1.165, 1.54) is 13.2 Å². The summed E-state index contributed by atoms with van der Waals surface area (Å²) in [7, 11) is 1.17. The molecule has 1 aliphatic heterocycles. The van der Waals surface area contributed by atoms with Crippen LogP contribution in [0.4, 0.5) is 5.69 Å². The molecule has 1 heterocycles. The minimum Gasteiger partial charge on any atom is -0.467 e. The van der Waals surface area contributed by atoms with Crippen LogP contribution in [-0.2, 0) is 14.3 Å². The Morgan fingerprint density at radius 2 is 1.81 bits per heavy atom. The van der Waals surface area contributed by atoms with E-state index in [0.717, 1.165) is 4.90 Å². The molecule has 0 spiro atoms. The molecule has 0 N–H and O–H groups in total. The second-order valence-corrected chi connectivity index (χ2v) is 6.61. The second-order valence-electron chi connectivity index (χ2n) is 5.70. The van der Waals surface area contributed by atoms with E-state index in [9.17, 15) is 19.2 Å². The molecule has 1 aliphatic rings. The summed E-state index contributed by atoms with van der Waals surface area (Å²) in [5, 5.41) is 0. The summed E-state index contributed by atoms with van der Waals surface area (Å²) in [6.45, 7) is 0. The molecule has 7 heteroatoms. The fraction of sp³-hybridized carbons (Fsp3) is 0.158. The summed E-state index contributed by atoms with van der Waals surface area (Å²) in [5.74, 6) is -2.66. The Bertz CT molecular complexity index is 909. The summed E-state index contributed by atoms with van der Waals surface area (Å²) < 4.78 is 5.41. The van der Waals surface area contributed by atoms with Crippen molar-refractivity contribution in [3.8, 4) is 0 Å². The highest BCUT2D eigenvalue weighted by atomic mass is 79.9. The van der Waals surface area contributed by atoms with E-state index in [-0.39, 0.29) is 17.8 Å². The molecule has 0 aliphatic carbocycles. The third kappa shape index (κ3) is 3.17. The second kappa shape index (κ2) is 7.21.